The van der Waals surface area contributed by atoms with Crippen molar-refractivity contribution in [3.8, 4) is 5.75 Å². The molecule has 0 saturated carbocycles. The average molecular weight is 318 g/mol. The fraction of sp³-hybridized carbons (Fsp3) is 0.533. The van der Waals surface area contributed by atoms with Crippen molar-refractivity contribution in [3.63, 3.8) is 0 Å². The number of rotatable bonds is 6. The van der Waals surface area contributed by atoms with E-state index in [2.05, 4.69) is 0 Å². The lowest BCUT2D eigenvalue weighted by Gasteiger charge is -2.33. The van der Waals surface area contributed by atoms with Gasteiger partial charge in [0.1, 0.15) is 5.75 Å². The zero-order valence-corrected chi connectivity index (χ0v) is 13.8. The fourth-order valence-electron chi connectivity index (χ4n) is 2.29. The minimum absolute atomic E-state index is 0.0240. The molecule has 1 amide bonds. The highest BCUT2D eigenvalue weighted by atomic mass is 35.5. The molecule has 0 bridgehead atoms. The number of hydrogen-bond acceptors (Lipinski definition) is 2. The molecule has 0 aliphatic rings. The van der Waals surface area contributed by atoms with Crippen molar-refractivity contribution in [2.45, 2.75) is 44.1 Å². The Hall–Kier alpha value is -0.930. The third kappa shape index (κ3) is 4.57. The predicted octanol–water partition coefficient (Wildman–Crippen LogP) is 3.67. The largest absolute Gasteiger partial charge is 0.497 e. The Morgan fingerprint density at radius 2 is 1.75 bits per heavy atom. The number of hydrogen-bond donors (Lipinski definition) is 0. The van der Waals surface area contributed by atoms with Crippen LogP contribution in [0.1, 0.15) is 26.3 Å². The van der Waals surface area contributed by atoms with Gasteiger partial charge in [-0.1, -0.05) is 35.3 Å². The molecule has 0 aromatic heterocycles. The standard InChI is InChI=1S/C15H21Cl2NO2/c1-10(2)18(15(19)14(16)17)11(3)9-12-5-7-13(20-4)8-6-12/h5-8,10-11,14H,9H2,1-4H3. The van der Waals surface area contributed by atoms with Crippen molar-refractivity contribution in [2.24, 2.45) is 0 Å². The van der Waals surface area contributed by atoms with Crippen molar-refractivity contribution >= 4 is 29.1 Å². The number of nitrogens with zero attached hydrogens (tertiary/aromatic N) is 1. The summed E-state index contributed by atoms with van der Waals surface area (Å²) in [4.78, 5) is 12.8. The summed E-state index contributed by atoms with van der Waals surface area (Å²) < 4.78 is 5.13. The number of ether oxygens (including phenoxy) is 1. The Morgan fingerprint density at radius 3 is 2.15 bits per heavy atom. The molecule has 1 atom stereocenters. The number of benzene rings is 1. The van der Waals surface area contributed by atoms with Crippen LogP contribution in [0.2, 0.25) is 0 Å². The topological polar surface area (TPSA) is 29.5 Å². The third-order valence-corrected chi connectivity index (χ3v) is 3.54. The van der Waals surface area contributed by atoms with Gasteiger partial charge in [0.15, 0.2) is 4.84 Å². The van der Waals surface area contributed by atoms with Gasteiger partial charge in [-0.3, -0.25) is 4.79 Å². The van der Waals surface area contributed by atoms with Gasteiger partial charge in [-0.05, 0) is 44.9 Å². The second-order valence-electron chi connectivity index (χ2n) is 5.04. The summed E-state index contributed by atoms with van der Waals surface area (Å²) in [5.41, 5.74) is 1.14. The molecule has 1 aromatic rings. The predicted molar refractivity (Wildman–Crippen MR) is 83.6 cm³/mol. The summed E-state index contributed by atoms with van der Waals surface area (Å²) in [5.74, 6) is 0.573. The summed E-state index contributed by atoms with van der Waals surface area (Å²) in [6.45, 7) is 5.91. The molecule has 1 aromatic carbocycles. The van der Waals surface area contributed by atoms with Crippen LogP contribution >= 0.6 is 23.2 Å². The van der Waals surface area contributed by atoms with Crippen molar-refractivity contribution in [3.05, 3.63) is 29.8 Å². The third-order valence-electron chi connectivity index (χ3n) is 3.16. The van der Waals surface area contributed by atoms with E-state index in [1.54, 1.807) is 12.0 Å². The number of carbonyl (C=O) groups excluding carboxylic acids is 1. The molecule has 5 heteroatoms. The summed E-state index contributed by atoms with van der Waals surface area (Å²) >= 11 is 11.4. The average Bonchev–Trinajstić information content (AvgIpc) is 2.39. The van der Waals surface area contributed by atoms with E-state index >= 15 is 0 Å². The quantitative estimate of drug-likeness (QED) is 0.749. The molecule has 0 heterocycles. The van der Waals surface area contributed by atoms with Gasteiger partial charge in [0, 0.05) is 12.1 Å². The first-order valence-corrected chi connectivity index (χ1v) is 7.47. The van der Waals surface area contributed by atoms with Crippen LogP contribution in [0.3, 0.4) is 0 Å². The lowest BCUT2D eigenvalue weighted by Crippen LogP contribution is -2.46. The van der Waals surface area contributed by atoms with Crippen LogP contribution in [0.4, 0.5) is 0 Å². The van der Waals surface area contributed by atoms with E-state index in [4.69, 9.17) is 27.9 Å². The molecule has 0 spiro atoms. The van der Waals surface area contributed by atoms with Crippen LogP contribution in [0.25, 0.3) is 0 Å². The van der Waals surface area contributed by atoms with Gasteiger partial charge in [0.05, 0.1) is 7.11 Å². The van der Waals surface area contributed by atoms with Gasteiger partial charge < -0.3 is 9.64 Å². The van der Waals surface area contributed by atoms with Crippen molar-refractivity contribution in [2.75, 3.05) is 7.11 Å². The second kappa shape index (κ2) is 7.75. The normalized spacial score (nSPS) is 12.6. The summed E-state index contributed by atoms with van der Waals surface area (Å²) in [6.07, 6.45) is 0.744. The van der Waals surface area contributed by atoms with E-state index in [9.17, 15) is 4.79 Å². The van der Waals surface area contributed by atoms with Gasteiger partial charge in [-0.15, -0.1) is 0 Å². The van der Waals surface area contributed by atoms with Crippen LogP contribution in [-0.4, -0.2) is 34.8 Å². The Kier molecular flexibility index (Phi) is 6.63. The molecular formula is C15H21Cl2NO2. The highest BCUT2D eigenvalue weighted by Crippen LogP contribution is 2.18. The van der Waals surface area contributed by atoms with Gasteiger partial charge in [0.25, 0.3) is 5.91 Å². The molecule has 0 aliphatic carbocycles. The molecule has 3 nitrogen and oxygen atoms in total. The van der Waals surface area contributed by atoms with Gasteiger partial charge in [-0.2, -0.15) is 0 Å². The Balaban J connectivity index is 2.79. The molecule has 0 N–H and O–H groups in total. The lowest BCUT2D eigenvalue weighted by molar-refractivity contribution is -0.133. The first-order chi connectivity index (χ1) is 9.36. The van der Waals surface area contributed by atoms with Crippen LogP contribution in [0.15, 0.2) is 24.3 Å². The Labute approximate surface area is 130 Å². The summed E-state index contributed by atoms with van der Waals surface area (Å²) in [6, 6.07) is 7.89. The Morgan fingerprint density at radius 1 is 1.20 bits per heavy atom. The SMILES string of the molecule is COc1ccc(CC(C)N(C(=O)C(Cl)Cl)C(C)C)cc1. The molecule has 112 valence electrons. The van der Waals surface area contributed by atoms with E-state index in [0.717, 1.165) is 17.7 Å². The minimum Gasteiger partial charge on any atom is -0.497 e. The van der Waals surface area contributed by atoms with Crippen LogP contribution in [0.5, 0.6) is 5.75 Å². The van der Waals surface area contributed by atoms with Crippen LogP contribution in [0, 0.1) is 0 Å². The van der Waals surface area contributed by atoms with E-state index < -0.39 is 4.84 Å². The molecule has 0 radical (unpaired) electrons. The molecule has 0 saturated heterocycles. The maximum absolute atomic E-state index is 12.1. The van der Waals surface area contributed by atoms with Crippen LogP contribution < -0.4 is 4.74 Å². The highest BCUT2D eigenvalue weighted by molar-refractivity contribution is 6.53. The van der Waals surface area contributed by atoms with Crippen molar-refractivity contribution in [1.82, 2.24) is 4.90 Å². The summed E-state index contributed by atoms with van der Waals surface area (Å²) in [7, 11) is 1.64. The molecule has 1 unspecified atom stereocenters. The maximum atomic E-state index is 12.1. The molecule has 0 aliphatic heterocycles. The smallest absolute Gasteiger partial charge is 0.256 e. The van der Waals surface area contributed by atoms with Crippen molar-refractivity contribution in [1.29, 1.82) is 0 Å². The summed E-state index contributed by atoms with van der Waals surface area (Å²) in [5, 5.41) is 0. The molecule has 1 rings (SSSR count). The first kappa shape index (κ1) is 17.1. The van der Waals surface area contributed by atoms with Crippen LogP contribution in [-0.2, 0) is 11.2 Å². The monoisotopic (exact) mass is 317 g/mol. The van der Waals surface area contributed by atoms with Crippen molar-refractivity contribution < 1.29 is 9.53 Å². The zero-order valence-electron chi connectivity index (χ0n) is 12.3. The number of alkyl halides is 2. The van der Waals surface area contributed by atoms with E-state index in [1.807, 2.05) is 45.0 Å². The number of methoxy groups -OCH3 is 1. The molecule has 0 fully saturated rings. The lowest BCUT2D eigenvalue weighted by atomic mass is 10.0. The number of halogens is 2. The molecular weight excluding hydrogens is 297 g/mol. The van der Waals surface area contributed by atoms with Gasteiger partial charge in [0.2, 0.25) is 0 Å². The van der Waals surface area contributed by atoms with E-state index in [-0.39, 0.29) is 18.0 Å². The maximum Gasteiger partial charge on any atom is 0.256 e. The fourth-order valence-corrected chi connectivity index (χ4v) is 2.52. The highest BCUT2D eigenvalue weighted by Gasteiger charge is 2.27. The number of amides is 1. The Bertz CT molecular complexity index is 432. The van der Waals surface area contributed by atoms with E-state index in [0.29, 0.717) is 0 Å². The number of carbonyl (C=O) groups is 1. The van der Waals surface area contributed by atoms with Gasteiger partial charge in [-0.25, -0.2) is 0 Å². The zero-order chi connectivity index (χ0) is 15.3. The van der Waals surface area contributed by atoms with Gasteiger partial charge >= 0.3 is 0 Å². The minimum atomic E-state index is -1.02. The molecule has 20 heavy (non-hydrogen) atoms. The second-order valence-corrected chi connectivity index (χ2v) is 6.14. The van der Waals surface area contributed by atoms with E-state index in [1.165, 1.54) is 0 Å². The first-order valence-electron chi connectivity index (χ1n) is 6.60.